The van der Waals surface area contributed by atoms with Crippen LogP contribution in [-0.4, -0.2) is 12.5 Å². The Morgan fingerprint density at radius 3 is 2.61 bits per heavy atom. The van der Waals surface area contributed by atoms with Crippen LogP contribution in [0.25, 0.3) is 0 Å². The van der Waals surface area contributed by atoms with E-state index in [1.165, 1.54) is 28.8 Å². The van der Waals surface area contributed by atoms with E-state index in [4.69, 9.17) is 0 Å². The number of aryl methyl sites for hydroxylation is 2. The lowest BCUT2D eigenvalue weighted by Crippen LogP contribution is -2.28. The second kappa shape index (κ2) is 8.30. The molecule has 0 atom stereocenters. The summed E-state index contributed by atoms with van der Waals surface area (Å²) in [5.41, 5.74) is 7.03. The number of benzene rings is 3. The van der Waals surface area contributed by atoms with E-state index in [-0.39, 0.29) is 5.91 Å². The van der Waals surface area contributed by atoms with Crippen molar-refractivity contribution >= 4 is 11.6 Å². The molecule has 1 amide bonds. The van der Waals surface area contributed by atoms with Crippen molar-refractivity contribution in [2.45, 2.75) is 32.9 Å². The Balaban J connectivity index is 1.38. The van der Waals surface area contributed by atoms with Crippen LogP contribution in [0.5, 0.6) is 0 Å². The highest BCUT2D eigenvalue weighted by molar-refractivity contribution is 5.94. The molecule has 1 aliphatic heterocycles. The van der Waals surface area contributed by atoms with Crippen LogP contribution in [0.3, 0.4) is 0 Å². The third-order valence-electron chi connectivity index (χ3n) is 5.33. The molecule has 0 saturated carbocycles. The van der Waals surface area contributed by atoms with Gasteiger partial charge in [-0.1, -0.05) is 60.2 Å². The minimum atomic E-state index is -0.0311. The first-order valence-corrected chi connectivity index (χ1v) is 9.94. The highest BCUT2D eigenvalue weighted by atomic mass is 16.1. The molecule has 142 valence electrons. The van der Waals surface area contributed by atoms with Gasteiger partial charge in [0.1, 0.15) is 0 Å². The topological polar surface area (TPSA) is 32.3 Å². The molecule has 1 aliphatic rings. The van der Waals surface area contributed by atoms with E-state index in [2.05, 4.69) is 65.7 Å². The number of hydrogen-bond donors (Lipinski definition) is 1. The van der Waals surface area contributed by atoms with Crippen molar-refractivity contribution in [3.05, 3.63) is 101 Å². The first-order valence-electron chi connectivity index (χ1n) is 9.94. The summed E-state index contributed by atoms with van der Waals surface area (Å²) in [6.45, 7) is 4.57. The Hall–Kier alpha value is -3.07. The number of para-hydroxylation sites is 1. The van der Waals surface area contributed by atoms with Crippen molar-refractivity contribution in [2.24, 2.45) is 0 Å². The summed E-state index contributed by atoms with van der Waals surface area (Å²) in [5, 5.41) is 3.01. The molecular formula is C25H26N2O. The molecule has 3 aromatic rings. The maximum atomic E-state index is 12.4. The van der Waals surface area contributed by atoms with E-state index in [9.17, 15) is 4.79 Å². The van der Waals surface area contributed by atoms with Crippen LogP contribution in [0.2, 0.25) is 0 Å². The Kier molecular flexibility index (Phi) is 5.43. The summed E-state index contributed by atoms with van der Waals surface area (Å²) in [7, 11) is 0. The van der Waals surface area contributed by atoms with E-state index in [0.29, 0.717) is 12.1 Å². The Morgan fingerprint density at radius 2 is 1.79 bits per heavy atom. The van der Waals surface area contributed by atoms with Crippen molar-refractivity contribution in [1.29, 1.82) is 0 Å². The van der Waals surface area contributed by atoms with Gasteiger partial charge in [-0.15, -0.1) is 0 Å². The van der Waals surface area contributed by atoms with Gasteiger partial charge in [0.05, 0.1) is 0 Å². The first kappa shape index (κ1) is 18.3. The summed E-state index contributed by atoms with van der Waals surface area (Å²) < 4.78 is 0. The monoisotopic (exact) mass is 370 g/mol. The van der Waals surface area contributed by atoms with Crippen molar-refractivity contribution in [2.75, 3.05) is 11.4 Å². The largest absolute Gasteiger partial charge is 0.367 e. The summed E-state index contributed by atoms with van der Waals surface area (Å²) in [6, 6.07) is 24.9. The zero-order chi connectivity index (χ0) is 19.3. The van der Waals surface area contributed by atoms with Crippen LogP contribution in [0, 0.1) is 6.92 Å². The smallest absolute Gasteiger partial charge is 0.251 e. The molecule has 0 saturated heterocycles. The van der Waals surface area contributed by atoms with Crippen molar-refractivity contribution in [3.8, 4) is 0 Å². The summed E-state index contributed by atoms with van der Waals surface area (Å²) >= 11 is 0. The predicted octanol–water partition coefficient (Wildman–Crippen LogP) is 4.88. The molecule has 0 fully saturated rings. The van der Waals surface area contributed by atoms with Gasteiger partial charge in [0, 0.05) is 30.9 Å². The highest BCUT2D eigenvalue weighted by Gasteiger charge is 2.16. The Labute approximate surface area is 167 Å². The van der Waals surface area contributed by atoms with Crippen LogP contribution < -0.4 is 10.2 Å². The second-order valence-electron chi connectivity index (χ2n) is 7.52. The van der Waals surface area contributed by atoms with E-state index in [0.717, 1.165) is 25.1 Å². The quantitative estimate of drug-likeness (QED) is 0.694. The van der Waals surface area contributed by atoms with Gasteiger partial charge in [-0.25, -0.2) is 0 Å². The summed E-state index contributed by atoms with van der Waals surface area (Å²) in [4.78, 5) is 14.9. The molecule has 28 heavy (non-hydrogen) atoms. The van der Waals surface area contributed by atoms with Gasteiger partial charge in [0.15, 0.2) is 0 Å². The summed E-state index contributed by atoms with van der Waals surface area (Å²) in [5.74, 6) is -0.0311. The molecule has 3 heteroatoms. The number of nitrogens with zero attached hydrogens (tertiary/aromatic N) is 1. The van der Waals surface area contributed by atoms with Crippen molar-refractivity contribution in [1.82, 2.24) is 5.32 Å². The van der Waals surface area contributed by atoms with Gasteiger partial charge in [0.2, 0.25) is 0 Å². The van der Waals surface area contributed by atoms with Crippen LogP contribution in [0.1, 0.15) is 39.0 Å². The molecule has 0 bridgehead atoms. The van der Waals surface area contributed by atoms with Gasteiger partial charge in [-0.3, -0.25) is 4.79 Å². The minimum Gasteiger partial charge on any atom is -0.367 e. The second-order valence-corrected chi connectivity index (χ2v) is 7.52. The molecule has 0 aromatic heterocycles. The van der Waals surface area contributed by atoms with Gasteiger partial charge in [-0.05, 0) is 54.7 Å². The number of anilines is 1. The molecule has 0 unspecified atom stereocenters. The molecule has 4 rings (SSSR count). The number of fused-ring (bicyclic) bond motifs is 1. The van der Waals surface area contributed by atoms with Crippen LogP contribution in [0.4, 0.5) is 5.69 Å². The normalized spacial score (nSPS) is 13.1. The van der Waals surface area contributed by atoms with Crippen LogP contribution in [0.15, 0.2) is 72.8 Å². The molecule has 0 radical (unpaired) electrons. The fourth-order valence-corrected chi connectivity index (χ4v) is 3.86. The zero-order valence-corrected chi connectivity index (χ0v) is 16.3. The van der Waals surface area contributed by atoms with E-state index >= 15 is 0 Å². The number of amides is 1. The molecule has 3 aromatic carbocycles. The van der Waals surface area contributed by atoms with Crippen LogP contribution in [-0.2, 0) is 19.5 Å². The van der Waals surface area contributed by atoms with E-state index in [1.807, 2.05) is 24.3 Å². The Morgan fingerprint density at radius 1 is 0.964 bits per heavy atom. The third kappa shape index (κ3) is 4.25. The lowest BCUT2D eigenvalue weighted by molar-refractivity contribution is 0.0951. The SMILES string of the molecule is Cc1cccc(CNC(=O)c2ccc(CN3CCCc4ccccc43)cc2)c1. The zero-order valence-electron chi connectivity index (χ0n) is 16.3. The van der Waals surface area contributed by atoms with Crippen molar-refractivity contribution < 1.29 is 4.79 Å². The highest BCUT2D eigenvalue weighted by Crippen LogP contribution is 2.28. The molecular weight excluding hydrogens is 344 g/mol. The lowest BCUT2D eigenvalue weighted by Gasteiger charge is -2.31. The average Bonchev–Trinajstić information content (AvgIpc) is 2.73. The van der Waals surface area contributed by atoms with Gasteiger partial charge >= 0.3 is 0 Å². The molecule has 3 nitrogen and oxygen atoms in total. The molecule has 0 aliphatic carbocycles. The Bertz CT molecular complexity index is 962. The molecule has 1 N–H and O–H groups in total. The minimum absolute atomic E-state index is 0.0311. The fourth-order valence-electron chi connectivity index (χ4n) is 3.86. The summed E-state index contributed by atoms with van der Waals surface area (Å²) in [6.07, 6.45) is 2.35. The first-order chi connectivity index (χ1) is 13.7. The van der Waals surface area contributed by atoms with Gasteiger partial charge in [0.25, 0.3) is 5.91 Å². The average molecular weight is 370 g/mol. The number of hydrogen-bond acceptors (Lipinski definition) is 2. The van der Waals surface area contributed by atoms with Crippen molar-refractivity contribution in [3.63, 3.8) is 0 Å². The number of rotatable bonds is 5. The fraction of sp³-hybridized carbons (Fsp3) is 0.240. The molecule has 1 heterocycles. The lowest BCUT2D eigenvalue weighted by atomic mass is 10.0. The number of nitrogens with one attached hydrogen (secondary N) is 1. The standard InChI is InChI=1S/C25H26N2O/c1-19-6-4-7-21(16-19)17-26-25(28)23-13-11-20(12-14-23)18-27-15-5-9-22-8-2-3-10-24(22)27/h2-4,6-8,10-14,16H,5,9,15,17-18H2,1H3,(H,26,28). The number of carbonyl (C=O) groups excluding carboxylic acids is 1. The maximum Gasteiger partial charge on any atom is 0.251 e. The number of carbonyl (C=O) groups is 1. The van der Waals surface area contributed by atoms with Gasteiger partial charge < -0.3 is 10.2 Å². The van der Waals surface area contributed by atoms with E-state index < -0.39 is 0 Å². The van der Waals surface area contributed by atoms with Gasteiger partial charge in [-0.2, -0.15) is 0 Å². The van der Waals surface area contributed by atoms with Crippen LogP contribution >= 0.6 is 0 Å². The van der Waals surface area contributed by atoms with E-state index in [1.54, 1.807) is 0 Å². The predicted molar refractivity (Wildman–Crippen MR) is 115 cm³/mol. The maximum absolute atomic E-state index is 12.4. The molecule has 0 spiro atoms. The third-order valence-corrected chi connectivity index (χ3v) is 5.33.